The highest BCUT2D eigenvalue weighted by atomic mass is 79.9. The molecule has 0 aliphatic carbocycles. The molecular weight excluding hydrogens is 331 g/mol. The summed E-state index contributed by atoms with van der Waals surface area (Å²) in [7, 11) is 0. The molecule has 2 rings (SSSR count). The molecule has 0 spiro atoms. The lowest BCUT2D eigenvalue weighted by Crippen LogP contribution is -2.20. The number of rotatable bonds is 4. The average molecular weight is 344 g/mol. The van der Waals surface area contributed by atoms with E-state index >= 15 is 0 Å². The van der Waals surface area contributed by atoms with Gasteiger partial charge in [-0.1, -0.05) is 28.1 Å². The summed E-state index contributed by atoms with van der Waals surface area (Å²) in [5.41, 5.74) is 0.597. The summed E-state index contributed by atoms with van der Waals surface area (Å²) in [6, 6.07) is 8.30. The summed E-state index contributed by atoms with van der Waals surface area (Å²) < 4.78 is 40.8. The van der Waals surface area contributed by atoms with E-state index in [9.17, 15) is 13.2 Å². The number of anilines is 1. The van der Waals surface area contributed by atoms with Crippen molar-refractivity contribution in [2.24, 2.45) is 0 Å². The maximum Gasteiger partial charge on any atom is 0.150 e. The van der Waals surface area contributed by atoms with Crippen LogP contribution in [0.25, 0.3) is 0 Å². The molecule has 1 atom stereocenters. The van der Waals surface area contributed by atoms with E-state index in [0.717, 1.165) is 5.56 Å². The maximum absolute atomic E-state index is 13.7. The van der Waals surface area contributed by atoms with Crippen molar-refractivity contribution < 1.29 is 13.2 Å². The quantitative estimate of drug-likeness (QED) is 0.831. The summed E-state index contributed by atoms with van der Waals surface area (Å²) in [5.74, 6) is -1.65. The van der Waals surface area contributed by atoms with E-state index < -0.39 is 11.6 Å². The van der Waals surface area contributed by atoms with Crippen LogP contribution in [0.4, 0.5) is 18.9 Å². The van der Waals surface area contributed by atoms with Crippen molar-refractivity contribution in [3.05, 3.63) is 63.9 Å². The zero-order valence-electron chi connectivity index (χ0n) is 10.8. The van der Waals surface area contributed by atoms with Gasteiger partial charge < -0.3 is 5.32 Å². The normalized spacial score (nSPS) is 12.2. The molecule has 1 unspecified atom stereocenters. The van der Waals surface area contributed by atoms with Crippen LogP contribution in [0.3, 0.4) is 0 Å². The average Bonchev–Trinajstić information content (AvgIpc) is 2.33. The number of benzene rings is 2. The molecule has 0 radical (unpaired) electrons. The molecule has 106 valence electrons. The van der Waals surface area contributed by atoms with Crippen molar-refractivity contribution in [1.29, 1.82) is 0 Å². The first kappa shape index (κ1) is 14.9. The lowest BCUT2D eigenvalue weighted by molar-refractivity contribution is 0.581. The van der Waals surface area contributed by atoms with Crippen molar-refractivity contribution in [2.75, 3.05) is 5.32 Å². The third kappa shape index (κ3) is 3.76. The molecule has 0 aromatic heterocycles. The standard InChI is InChI=1S/C15H13BrF3N/c1-9(5-10-3-2-4-12(17)6-10)20-15-13(18)7-11(16)8-14(15)19/h2-4,6-9,20H,5H2,1H3. The molecule has 0 aliphatic heterocycles. The van der Waals surface area contributed by atoms with Gasteiger partial charge in [0.1, 0.15) is 23.1 Å². The highest BCUT2D eigenvalue weighted by molar-refractivity contribution is 9.10. The van der Waals surface area contributed by atoms with Gasteiger partial charge in [-0.25, -0.2) is 13.2 Å². The fraction of sp³-hybridized carbons (Fsp3) is 0.200. The minimum absolute atomic E-state index is 0.169. The Kier molecular flexibility index (Phi) is 4.70. The van der Waals surface area contributed by atoms with Crippen molar-refractivity contribution in [3.63, 3.8) is 0 Å². The van der Waals surface area contributed by atoms with Crippen molar-refractivity contribution >= 4 is 21.6 Å². The first-order chi connectivity index (χ1) is 9.45. The van der Waals surface area contributed by atoms with Crippen LogP contribution in [-0.4, -0.2) is 6.04 Å². The number of hydrogen-bond donors (Lipinski definition) is 1. The number of hydrogen-bond acceptors (Lipinski definition) is 1. The zero-order valence-corrected chi connectivity index (χ0v) is 12.3. The van der Waals surface area contributed by atoms with Crippen LogP contribution in [0.15, 0.2) is 40.9 Å². The lowest BCUT2D eigenvalue weighted by atomic mass is 10.1. The third-order valence-electron chi connectivity index (χ3n) is 2.83. The fourth-order valence-corrected chi connectivity index (χ4v) is 2.40. The number of halogens is 4. The Labute approximate surface area is 123 Å². The van der Waals surface area contributed by atoms with E-state index in [1.165, 1.54) is 24.3 Å². The third-order valence-corrected chi connectivity index (χ3v) is 3.29. The Morgan fingerprint density at radius 3 is 2.35 bits per heavy atom. The van der Waals surface area contributed by atoms with Crippen LogP contribution in [0.2, 0.25) is 0 Å². The SMILES string of the molecule is CC(Cc1cccc(F)c1)Nc1c(F)cc(Br)cc1F. The molecule has 0 fully saturated rings. The Hall–Kier alpha value is -1.49. The molecule has 0 saturated heterocycles. The van der Waals surface area contributed by atoms with Crippen LogP contribution >= 0.6 is 15.9 Å². The molecule has 20 heavy (non-hydrogen) atoms. The minimum atomic E-state index is -0.664. The summed E-state index contributed by atoms with van der Waals surface area (Å²) >= 11 is 3.03. The highest BCUT2D eigenvalue weighted by Gasteiger charge is 2.13. The van der Waals surface area contributed by atoms with E-state index in [1.54, 1.807) is 19.1 Å². The second kappa shape index (κ2) is 6.31. The van der Waals surface area contributed by atoms with E-state index in [2.05, 4.69) is 21.2 Å². The largest absolute Gasteiger partial charge is 0.378 e. The van der Waals surface area contributed by atoms with Gasteiger partial charge in [0.15, 0.2) is 0 Å². The molecule has 5 heteroatoms. The Bertz CT molecular complexity index is 593. The van der Waals surface area contributed by atoms with Gasteiger partial charge in [-0.2, -0.15) is 0 Å². The predicted octanol–water partition coefficient (Wildman–Crippen LogP) is 4.91. The van der Waals surface area contributed by atoms with Gasteiger partial charge in [0.25, 0.3) is 0 Å². The van der Waals surface area contributed by atoms with E-state index in [0.29, 0.717) is 10.9 Å². The second-order valence-electron chi connectivity index (χ2n) is 4.62. The minimum Gasteiger partial charge on any atom is -0.378 e. The first-order valence-electron chi connectivity index (χ1n) is 6.11. The van der Waals surface area contributed by atoms with Gasteiger partial charge in [-0.3, -0.25) is 0 Å². The molecular formula is C15H13BrF3N. The Morgan fingerprint density at radius 1 is 1.10 bits per heavy atom. The van der Waals surface area contributed by atoms with Crippen molar-refractivity contribution in [1.82, 2.24) is 0 Å². The van der Waals surface area contributed by atoms with Gasteiger partial charge in [-0.05, 0) is 43.2 Å². The Balaban J connectivity index is 2.10. The topological polar surface area (TPSA) is 12.0 Å². The van der Waals surface area contributed by atoms with Gasteiger partial charge in [0.2, 0.25) is 0 Å². The molecule has 0 heterocycles. The van der Waals surface area contributed by atoms with Crippen LogP contribution in [0.5, 0.6) is 0 Å². The van der Waals surface area contributed by atoms with Crippen LogP contribution in [0.1, 0.15) is 12.5 Å². The first-order valence-corrected chi connectivity index (χ1v) is 6.90. The van der Waals surface area contributed by atoms with Crippen LogP contribution < -0.4 is 5.32 Å². The second-order valence-corrected chi connectivity index (χ2v) is 5.54. The van der Waals surface area contributed by atoms with Crippen LogP contribution in [0, 0.1) is 17.5 Å². The molecule has 0 amide bonds. The Morgan fingerprint density at radius 2 is 1.75 bits per heavy atom. The lowest BCUT2D eigenvalue weighted by Gasteiger charge is -2.16. The van der Waals surface area contributed by atoms with Gasteiger partial charge in [0, 0.05) is 10.5 Å². The predicted molar refractivity (Wildman–Crippen MR) is 77.2 cm³/mol. The summed E-state index contributed by atoms with van der Waals surface area (Å²) in [6.07, 6.45) is 0.465. The number of nitrogens with one attached hydrogen (secondary N) is 1. The molecule has 0 aliphatic rings. The van der Waals surface area contributed by atoms with Gasteiger partial charge in [-0.15, -0.1) is 0 Å². The monoisotopic (exact) mass is 343 g/mol. The molecule has 0 saturated carbocycles. The fourth-order valence-electron chi connectivity index (χ4n) is 2.00. The van der Waals surface area contributed by atoms with Gasteiger partial charge in [0.05, 0.1) is 0 Å². The van der Waals surface area contributed by atoms with E-state index in [4.69, 9.17) is 0 Å². The molecule has 2 aromatic rings. The molecule has 2 aromatic carbocycles. The summed E-state index contributed by atoms with van der Waals surface area (Å²) in [4.78, 5) is 0. The maximum atomic E-state index is 13.7. The molecule has 1 nitrogen and oxygen atoms in total. The smallest absolute Gasteiger partial charge is 0.150 e. The van der Waals surface area contributed by atoms with Gasteiger partial charge >= 0.3 is 0 Å². The van der Waals surface area contributed by atoms with E-state index in [-0.39, 0.29) is 17.5 Å². The zero-order chi connectivity index (χ0) is 14.7. The molecule has 0 bridgehead atoms. The summed E-state index contributed by atoms with van der Waals surface area (Å²) in [5, 5.41) is 2.78. The van der Waals surface area contributed by atoms with Crippen molar-refractivity contribution in [2.45, 2.75) is 19.4 Å². The van der Waals surface area contributed by atoms with Crippen molar-refractivity contribution in [3.8, 4) is 0 Å². The highest BCUT2D eigenvalue weighted by Crippen LogP contribution is 2.24. The van der Waals surface area contributed by atoms with E-state index in [1.807, 2.05) is 0 Å². The molecule has 1 N–H and O–H groups in total. The summed E-state index contributed by atoms with van der Waals surface area (Å²) in [6.45, 7) is 1.78. The van der Waals surface area contributed by atoms with Crippen LogP contribution in [-0.2, 0) is 6.42 Å².